The summed E-state index contributed by atoms with van der Waals surface area (Å²) in [5.74, 6) is 0.409. The third-order valence-electron chi connectivity index (χ3n) is 6.39. The third kappa shape index (κ3) is 5.38. The Bertz CT molecular complexity index is 817. The number of carbonyl (C=O) groups excluding carboxylic acids is 1. The molecular formula is C21H32N4O5S. The Labute approximate surface area is 184 Å². The summed E-state index contributed by atoms with van der Waals surface area (Å²) < 4.78 is 38.1. The molecule has 10 heteroatoms. The molecule has 9 nitrogen and oxygen atoms in total. The lowest BCUT2D eigenvalue weighted by Gasteiger charge is -2.38. The molecule has 3 heterocycles. The predicted molar refractivity (Wildman–Crippen MR) is 115 cm³/mol. The van der Waals surface area contributed by atoms with Crippen molar-refractivity contribution in [3.8, 4) is 0 Å². The fourth-order valence-electron chi connectivity index (χ4n) is 4.54. The highest BCUT2D eigenvalue weighted by Crippen LogP contribution is 2.22. The second kappa shape index (κ2) is 10.3. The van der Waals surface area contributed by atoms with Gasteiger partial charge in [0.05, 0.1) is 24.7 Å². The number of nitrogens with zero attached hydrogens (tertiary/aromatic N) is 3. The van der Waals surface area contributed by atoms with Crippen molar-refractivity contribution < 1.29 is 22.7 Å². The monoisotopic (exact) mass is 452 g/mol. The van der Waals surface area contributed by atoms with Crippen molar-refractivity contribution in [2.45, 2.75) is 17.4 Å². The highest BCUT2D eigenvalue weighted by Gasteiger charge is 2.33. The Morgan fingerprint density at radius 1 is 1.00 bits per heavy atom. The average Bonchev–Trinajstić information content (AvgIpc) is 3.35. The van der Waals surface area contributed by atoms with Gasteiger partial charge in [0.25, 0.3) is 0 Å². The number of sulfonamides is 1. The van der Waals surface area contributed by atoms with E-state index in [0.717, 1.165) is 45.9 Å². The van der Waals surface area contributed by atoms with Crippen molar-refractivity contribution in [3.63, 3.8) is 0 Å². The van der Waals surface area contributed by atoms with Crippen LogP contribution < -0.4 is 5.32 Å². The fourth-order valence-corrected chi connectivity index (χ4v) is 5.98. The molecule has 1 aromatic rings. The van der Waals surface area contributed by atoms with E-state index in [0.29, 0.717) is 43.5 Å². The molecule has 2 amide bonds. The van der Waals surface area contributed by atoms with Gasteiger partial charge in [-0.25, -0.2) is 13.2 Å². The number of nitrogens with one attached hydrogen (secondary N) is 1. The average molecular weight is 453 g/mol. The van der Waals surface area contributed by atoms with Gasteiger partial charge in [-0.3, -0.25) is 4.90 Å². The van der Waals surface area contributed by atoms with E-state index in [4.69, 9.17) is 9.47 Å². The number of benzene rings is 1. The van der Waals surface area contributed by atoms with Crippen molar-refractivity contribution >= 4 is 16.1 Å². The number of amides is 2. The normalized spacial score (nSPS) is 24.8. The lowest BCUT2D eigenvalue weighted by molar-refractivity contribution is 0.00180. The van der Waals surface area contributed by atoms with Crippen LogP contribution in [0.3, 0.4) is 0 Å². The van der Waals surface area contributed by atoms with E-state index in [1.54, 1.807) is 35.2 Å². The van der Waals surface area contributed by atoms with E-state index < -0.39 is 10.0 Å². The summed E-state index contributed by atoms with van der Waals surface area (Å²) in [6.07, 6.45) is 1.01. The van der Waals surface area contributed by atoms with Crippen LogP contribution in [0.2, 0.25) is 0 Å². The molecule has 1 N–H and O–H groups in total. The SMILES string of the molecule is O=C(NC[C@H]([C@@H]1CCOC1)N1CCOCC1)N1CCN(S(=O)(=O)c2ccccc2)CC1. The minimum atomic E-state index is -3.52. The molecule has 0 aliphatic carbocycles. The van der Waals surface area contributed by atoms with Crippen LogP contribution in [0, 0.1) is 5.92 Å². The van der Waals surface area contributed by atoms with E-state index in [1.165, 1.54) is 4.31 Å². The van der Waals surface area contributed by atoms with Gasteiger partial charge in [-0.05, 0) is 18.6 Å². The lowest BCUT2D eigenvalue weighted by atomic mass is 9.97. The highest BCUT2D eigenvalue weighted by atomic mass is 32.2. The zero-order valence-corrected chi connectivity index (χ0v) is 18.6. The molecule has 0 bridgehead atoms. The van der Waals surface area contributed by atoms with Crippen molar-refractivity contribution in [2.75, 3.05) is 72.2 Å². The highest BCUT2D eigenvalue weighted by molar-refractivity contribution is 7.89. The van der Waals surface area contributed by atoms with Crippen LogP contribution >= 0.6 is 0 Å². The largest absolute Gasteiger partial charge is 0.381 e. The first kappa shape index (κ1) is 22.5. The van der Waals surface area contributed by atoms with Crippen LogP contribution in [-0.4, -0.2) is 107 Å². The standard InChI is InChI=1S/C21H32N4O5S/c26-21(22-16-20(18-6-13-30-17-18)23-11-14-29-15-12-23)24-7-9-25(10-8-24)31(27,28)19-4-2-1-3-5-19/h1-5,18,20H,6-17H2,(H,22,26)/t18-,20-/m1/s1. The first-order valence-electron chi connectivity index (χ1n) is 11.0. The van der Waals surface area contributed by atoms with Gasteiger partial charge in [-0.15, -0.1) is 0 Å². The lowest BCUT2D eigenvalue weighted by Crippen LogP contribution is -2.56. The molecule has 3 fully saturated rings. The zero-order chi connectivity index (χ0) is 21.7. The molecule has 3 saturated heterocycles. The first-order chi connectivity index (χ1) is 15.1. The Balaban J connectivity index is 1.30. The Morgan fingerprint density at radius 3 is 2.35 bits per heavy atom. The minimum absolute atomic E-state index is 0.131. The number of hydrogen-bond acceptors (Lipinski definition) is 6. The zero-order valence-electron chi connectivity index (χ0n) is 17.8. The molecule has 0 spiro atoms. The van der Waals surface area contributed by atoms with Crippen molar-refractivity contribution in [1.29, 1.82) is 0 Å². The number of piperazine rings is 1. The smallest absolute Gasteiger partial charge is 0.317 e. The van der Waals surface area contributed by atoms with Crippen LogP contribution in [0.5, 0.6) is 0 Å². The summed E-state index contributed by atoms with van der Waals surface area (Å²) in [5, 5.41) is 3.09. The molecule has 3 aliphatic rings. The second-order valence-corrected chi connectivity index (χ2v) is 10.2. The topological polar surface area (TPSA) is 91.4 Å². The molecular weight excluding hydrogens is 420 g/mol. The van der Waals surface area contributed by atoms with Crippen LogP contribution in [-0.2, 0) is 19.5 Å². The van der Waals surface area contributed by atoms with Crippen LogP contribution in [0.1, 0.15) is 6.42 Å². The maximum atomic E-state index is 12.8. The molecule has 31 heavy (non-hydrogen) atoms. The van der Waals surface area contributed by atoms with E-state index in [9.17, 15) is 13.2 Å². The summed E-state index contributed by atoms with van der Waals surface area (Å²) >= 11 is 0. The molecule has 172 valence electrons. The maximum Gasteiger partial charge on any atom is 0.317 e. The van der Waals surface area contributed by atoms with Gasteiger partial charge in [0.2, 0.25) is 10.0 Å². The van der Waals surface area contributed by atoms with E-state index >= 15 is 0 Å². The van der Waals surface area contributed by atoms with Crippen molar-refractivity contribution in [2.24, 2.45) is 5.92 Å². The van der Waals surface area contributed by atoms with Crippen LogP contribution in [0.25, 0.3) is 0 Å². The third-order valence-corrected chi connectivity index (χ3v) is 8.31. The molecule has 3 aliphatic heterocycles. The number of morpholine rings is 1. The van der Waals surface area contributed by atoms with E-state index in [2.05, 4.69) is 10.2 Å². The predicted octanol–water partition coefficient (Wildman–Crippen LogP) is 0.440. The van der Waals surface area contributed by atoms with Crippen LogP contribution in [0.15, 0.2) is 35.2 Å². The molecule has 0 saturated carbocycles. The summed E-state index contributed by atoms with van der Waals surface area (Å²) in [5.41, 5.74) is 0. The summed E-state index contributed by atoms with van der Waals surface area (Å²) in [6, 6.07) is 8.54. The van der Waals surface area contributed by atoms with Gasteiger partial charge < -0.3 is 19.7 Å². The number of urea groups is 1. The Kier molecular flexibility index (Phi) is 7.44. The molecule has 0 aromatic heterocycles. The Morgan fingerprint density at radius 2 is 1.71 bits per heavy atom. The second-order valence-electron chi connectivity index (χ2n) is 8.23. The molecule has 4 rings (SSSR count). The van der Waals surface area contributed by atoms with Gasteiger partial charge in [-0.2, -0.15) is 4.31 Å². The number of ether oxygens (including phenoxy) is 2. The number of carbonyl (C=O) groups is 1. The van der Waals surface area contributed by atoms with Gasteiger partial charge in [0.1, 0.15) is 0 Å². The van der Waals surface area contributed by atoms with E-state index in [1.807, 2.05) is 0 Å². The fraction of sp³-hybridized carbons (Fsp3) is 0.667. The molecule has 0 unspecified atom stereocenters. The minimum Gasteiger partial charge on any atom is -0.381 e. The number of rotatable bonds is 6. The summed E-state index contributed by atoms with van der Waals surface area (Å²) in [4.78, 5) is 17.2. The van der Waals surface area contributed by atoms with E-state index in [-0.39, 0.29) is 12.1 Å². The molecule has 2 atom stereocenters. The number of hydrogen-bond donors (Lipinski definition) is 1. The van der Waals surface area contributed by atoms with Crippen molar-refractivity contribution in [1.82, 2.24) is 19.4 Å². The first-order valence-corrected chi connectivity index (χ1v) is 12.5. The summed E-state index contributed by atoms with van der Waals surface area (Å²) in [7, 11) is -3.52. The van der Waals surface area contributed by atoms with Crippen LogP contribution in [0.4, 0.5) is 4.79 Å². The Hall–Kier alpha value is -1.72. The molecule has 0 radical (unpaired) electrons. The quantitative estimate of drug-likeness (QED) is 0.674. The molecule has 1 aromatic carbocycles. The van der Waals surface area contributed by atoms with Gasteiger partial charge >= 0.3 is 6.03 Å². The van der Waals surface area contributed by atoms with Gasteiger partial charge in [0.15, 0.2) is 0 Å². The maximum absolute atomic E-state index is 12.8. The summed E-state index contributed by atoms with van der Waals surface area (Å²) in [6.45, 7) is 6.60. The van der Waals surface area contributed by atoms with Gasteiger partial charge in [0, 0.05) is 64.4 Å². The van der Waals surface area contributed by atoms with Gasteiger partial charge in [-0.1, -0.05) is 18.2 Å². The van der Waals surface area contributed by atoms with Crippen molar-refractivity contribution in [3.05, 3.63) is 30.3 Å².